The van der Waals surface area contributed by atoms with Gasteiger partial charge in [-0.15, -0.1) is 11.8 Å². The molecule has 1 saturated heterocycles. The van der Waals surface area contributed by atoms with Crippen LogP contribution in [0.25, 0.3) is 0 Å². The van der Waals surface area contributed by atoms with Crippen LogP contribution < -0.4 is 14.5 Å². The summed E-state index contributed by atoms with van der Waals surface area (Å²) < 4.78 is 46.5. The Kier molecular flexibility index (Phi) is 6.58. The number of H-pyrrole nitrogens is 1. The number of ether oxygens (including phenoxy) is 1. The van der Waals surface area contributed by atoms with E-state index in [4.69, 9.17) is 4.74 Å². The van der Waals surface area contributed by atoms with E-state index < -0.39 is 35.4 Å². The number of benzene rings is 3. The SMILES string of the molecule is Cc1ccccc1COc1ccc(C2c3sc(=O)[nH]c3SC3C2[C@H]2C[C@@H]3C3C(=O)N(c4cccc(C(F)(F)F)c4)C(=O)C32)cc1. The van der Waals surface area contributed by atoms with E-state index in [0.717, 1.165) is 43.6 Å². The number of hydrogen-bond donors (Lipinski definition) is 1. The van der Waals surface area contributed by atoms with Crippen molar-refractivity contribution in [3.05, 3.63) is 110 Å². The Balaban J connectivity index is 1.11. The maximum atomic E-state index is 13.9. The van der Waals surface area contributed by atoms with Gasteiger partial charge in [-0.2, -0.15) is 13.2 Å². The molecule has 2 bridgehead atoms. The summed E-state index contributed by atoms with van der Waals surface area (Å²) >= 11 is 2.75. The van der Waals surface area contributed by atoms with Gasteiger partial charge in [-0.25, -0.2) is 0 Å². The highest BCUT2D eigenvalue weighted by Crippen LogP contribution is 2.68. The monoisotopic (exact) mass is 648 g/mol. The van der Waals surface area contributed by atoms with Crippen molar-refractivity contribution in [2.45, 2.75) is 42.3 Å². The lowest BCUT2D eigenvalue weighted by Crippen LogP contribution is -2.42. The molecule has 45 heavy (non-hydrogen) atoms. The van der Waals surface area contributed by atoms with Crippen LogP contribution in [0.1, 0.15) is 39.5 Å². The fraction of sp³-hybridized carbons (Fsp3) is 0.324. The molecule has 3 heterocycles. The van der Waals surface area contributed by atoms with Gasteiger partial charge in [0.05, 0.1) is 28.1 Å². The number of fused-ring (bicyclic) bond motifs is 9. The number of imide groups is 1. The molecule has 2 amide bonds. The van der Waals surface area contributed by atoms with Gasteiger partial charge in [0.15, 0.2) is 0 Å². The van der Waals surface area contributed by atoms with Crippen molar-refractivity contribution in [1.82, 2.24) is 4.98 Å². The normalized spacial score (nSPS) is 28.3. The maximum Gasteiger partial charge on any atom is 0.416 e. The second-order valence-electron chi connectivity index (χ2n) is 12.3. The maximum absolute atomic E-state index is 13.9. The predicted octanol–water partition coefficient (Wildman–Crippen LogP) is 7.02. The smallest absolute Gasteiger partial charge is 0.416 e. The van der Waals surface area contributed by atoms with Crippen LogP contribution in [0.2, 0.25) is 0 Å². The number of carbonyl (C=O) groups is 2. The molecular formula is C34H27F3N2O4S2. The molecule has 3 fully saturated rings. The number of thiazole rings is 1. The highest BCUT2D eigenvalue weighted by atomic mass is 32.2. The molecule has 3 aromatic carbocycles. The predicted molar refractivity (Wildman–Crippen MR) is 164 cm³/mol. The van der Waals surface area contributed by atoms with E-state index >= 15 is 0 Å². The molecule has 6 nitrogen and oxygen atoms in total. The van der Waals surface area contributed by atoms with Gasteiger partial charge in [-0.3, -0.25) is 19.3 Å². The number of aromatic nitrogens is 1. The lowest BCUT2D eigenvalue weighted by atomic mass is 9.68. The van der Waals surface area contributed by atoms with E-state index in [9.17, 15) is 27.6 Å². The highest BCUT2D eigenvalue weighted by molar-refractivity contribution is 8.00. The third-order valence-corrected chi connectivity index (χ3v) is 12.6. The number of aromatic amines is 1. The summed E-state index contributed by atoms with van der Waals surface area (Å²) in [5.74, 6) is -1.77. The molecule has 2 aliphatic heterocycles. The molecule has 1 aromatic heterocycles. The van der Waals surface area contributed by atoms with Gasteiger partial charge in [0, 0.05) is 16.0 Å². The van der Waals surface area contributed by atoms with Crippen LogP contribution in [0.4, 0.5) is 18.9 Å². The Hall–Kier alpha value is -3.83. The standard InChI is InChI=1S/C34H27F3N2O4S2/c1-16-5-2-3-6-18(16)15-43-21-11-9-17(10-12-21)24-25-22-14-23(28(25)44-30-29(24)45-33(42)38-30)27-26(22)31(40)39(32(27)41)20-8-4-7-19(13-20)34(35,36)37/h2-13,22-28H,14-15H2,1H3,(H,38,42)/t22-,23-,24?,25?,26?,27?,28?/m1/s1. The number of amides is 2. The first kappa shape index (κ1) is 28.6. The second kappa shape index (κ2) is 10.3. The summed E-state index contributed by atoms with van der Waals surface area (Å²) in [6, 6.07) is 20.4. The largest absolute Gasteiger partial charge is 0.489 e. The molecule has 5 unspecified atom stereocenters. The number of thioether (sulfide) groups is 1. The molecule has 11 heteroatoms. The van der Waals surface area contributed by atoms with E-state index in [1.807, 2.05) is 55.5 Å². The Labute approximate surface area is 264 Å². The third-order valence-electron chi connectivity index (χ3n) is 10.1. The zero-order chi connectivity index (χ0) is 31.2. The molecule has 7 atom stereocenters. The van der Waals surface area contributed by atoms with Crippen LogP contribution in [0, 0.1) is 36.5 Å². The number of nitrogens with zero attached hydrogens (tertiary/aromatic N) is 1. The topological polar surface area (TPSA) is 79.5 Å². The van der Waals surface area contributed by atoms with Gasteiger partial charge in [-0.1, -0.05) is 53.8 Å². The molecule has 1 N–H and O–H groups in total. The third kappa shape index (κ3) is 4.49. The molecular weight excluding hydrogens is 622 g/mol. The van der Waals surface area contributed by atoms with E-state index in [0.29, 0.717) is 18.8 Å². The van der Waals surface area contributed by atoms with Gasteiger partial charge in [0.1, 0.15) is 12.4 Å². The summed E-state index contributed by atoms with van der Waals surface area (Å²) in [7, 11) is 0. The van der Waals surface area contributed by atoms with Crippen molar-refractivity contribution in [2.24, 2.45) is 29.6 Å². The molecule has 4 aliphatic rings. The van der Waals surface area contributed by atoms with E-state index in [2.05, 4.69) is 4.98 Å². The zero-order valence-corrected chi connectivity index (χ0v) is 25.5. The van der Waals surface area contributed by atoms with Crippen molar-refractivity contribution >= 4 is 40.6 Å². The van der Waals surface area contributed by atoms with E-state index in [-0.39, 0.29) is 39.5 Å². The number of alkyl halides is 3. The van der Waals surface area contributed by atoms with Crippen molar-refractivity contribution in [3.63, 3.8) is 0 Å². The van der Waals surface area contributed by atoms with Gasteiger partial charge >= 0.3 is 11.0 Å². The first-order chi connectivity index (χ1) is 21.6. The summed E-state index contributed by atoms with van der Waals surface area (Å²) in [6.07, 6.45) is -3.90. The van der Waals surface area contributed by atoms with Crippen molar-refractivity contribution < 1.29 is 27.5 Å². The first-order valence-electron chi connectivity index (χ1n) is 14.8. The van der Waals surface area contributed by atoms with Gasteiger partial charge in [0.25, 0.3) is 0 Å². The lowest BCUT2D eigenvalue weighted by Gasteiger charge is -2.43. The van der Waals surface area contributed by atoms with Gasteiger partial charge < -0.3 is 9.72 Å². The minimum Gasteiger partial charge on any atom is -0.489 e. The van der Waals surface area contributed by atoms with E-state index in [1.54, 1.807) is 11.8 Å². The zero-order valence-electron chi connectivity index (χ0n) is 23.9. The van der Waals surface area contributed by atoms with Crippen molar-refractivity contribution in [3.8, 4) is 5.75 Å². The average molecular weight is 649 g/mol. The quantitative estimate of drug-likeness (QED) is 0.236. The van der Waals surface area contributed by atoms with Gasteiger partial charge in [0.2, 0.25) is 11.8 Å². The van der Waals surface area contributed by atoms with Crippen LogP contribution in [-0.4, -0.2) is 22.0 Å². The summed E-state index contributed by atoms with van der Waals surface area (Å²) in [6.45, 7) is 2.48. The lowest BCUT2D eigenvalue weighted by molar-refractivity contribution is -0.137. The number of nitrogens with one attached hydrogen (secondary N) is 1. The molecule has 8 rings (SSSR count). The Bertz CT molecular complexity index is 1900. The number of carbonyl (C=O) groups excluding carboxylic acids is 2. The fourth-order valence-electron chi connectivity index (χ4n) is 8.17. The van der Waals surface area contributed by atoms with Crippen LogP contribution in [0.3, 0.4) is 0 Å². The first-order valence-corrected chi connectivity index (χ1v) is 16.5. The Morgan fingerprint density at radius 2 is 1.67 bits per heavy atom. The summed E-state index contributed by atoms with van der Waals surface area (Å²) in [5.41, 5.74) is 2.31. The highest BCUT2D eigenvalue weighted by Gasteiger charge is 2.69. The Morgan fingerprint density at radius 3 is 2.40 bits per heavy atom. The summed E-state index contributed by atoms with van der Waals surface area (Å²) in [4.78, 5) is 45.0. The molecule has 4 aromatic rings. The van der Waals surface area contributed by atoms with Crippen molar-refractivity contribution in [2.75, 3.05) is 4.90 Å². The minimum atomic E-state index is -4.59. The summed E-state index contributed by atoms with van der Waals surface area (Å²) in [5, 5.41) is 0.779. The molecule has 0 spiro atoms. The number of anilines is 1. The molecule has 230 valence electrons. The molecule has 2 saturated carbocycles. The van der Waals surface area contributed by atoms with Crippen molar-refractivity contribution in [1.29, 1.82) is 0 Å². The fourth-order valence-corrected chi connectivity index (χ4v) is 11.1. The van der Waals surface area contributed by atoms with Crippen LogP contribution in [0.15, 0.2) is 82.6 Å². The number of halogens is 3. The Morgan fingerprint density at radius 1 is 0.933 bits per heavy atom. The van der Waals surface area contributed by atoms with Gasteiger partial charge in [-0.05, 0) is 78.1 Å². The minimum absolute atomic E-state index is 0.0165. The average Bonchev–Trinajstić information content (AvgIpc) is 3.75. The van der Waals surface area contributed by atoms with Crippen LogP contribution in [0.5, 0.6) is 5.75 Å². The van der Waals surface area contributed by atoms with Crippen LogP contribution >= 0.6 is 23.1 Å². The number of aryl methyl sites for hydroxylation is 1. The number of hydrogen-bond acceptors (Lipinski definition) is 6. The molecule has 2 aliphatic carbocycles. The van der Waals surface area contributed by atoms with Crippen LogP contribution in [-0.2, 0) is 22.4 Å². The second-order valence-corrected chi connectivity index (χ2v) is 14.5. The van der Waals surface area contributed by atoms with E-state index in [1.165, 1.54) is 23.5 Å². The molecule has 0 radical (unpaired) electrons. The number of rotatable bonds is 5.